The number of rotatable bonds is 13. The van der Waals surface area contributed by atoms with Gasteiger partial charge in [-0.25, -0.2) is 4.79 Å². The molecular weight excluding hydrogens is 702 g/mol. The van der Waals surface area contributed by atoms with Crippen LogP contribution in [0.4, 0.5) is 10.7 Å². The molecule has 51 heavy (non-hydrogen) atoms. The van der Waals surface area contributed by atoms with Crippen LogP contribution in [0, 0.1) is 6.92 Å². The average molecular weight is 738 g/mol. The molecule has 1 aromatic heterocycles. The highest BCUT2D eigenvalue weighted by Gasteiger charge is 2.26. The molecule has 1 atom stereocenters. The first-order valence-corrected chi connectivity index (χ1v) is 18.4. The van der Waals surface area contributed by atoms with Crippen LogP contribution in [-0.4, -0.2) is 35.5 Å². The third kappa shape index (κ3) is 9.97. The molecule has 0 spiro atoms. The second kappa shape index (κ2) is 17.7. The number of carbonyl (C=O) groups excluding carboxylic acids is 4. The van der Waals surface area contributed by atoms with E-state index in [1.165, 1.54) is 23.1 Å². The molecule has 11 heteroatoms. The molecule has 1 unspecified atom stereocenters. The number of hydrogen-bond acceptors (Lipinski definition) is 7. The van der Waals surface area contributed by atoms with Gasteiger partial charge in [0.1, 0.15) is 16.3 Å². The molecule has 0 aliphatic carbocycles. The van der Waals surface area contributed by atoms with E-state index < -0.39 is 23.0 Å². The fourth-order valence-corrected chi connectivity index (χ4v) is 7.20. The highest BCUT2D eigenvalue weighted by Crippen LogP contribution is 2.37. The van der Waals surface area contributed by atoms with Crippen molar-refractivity contribution in [2.45, 2.75) is 37.3 Å². The third-order valence-corrected chi connectivity index (χ3v) is 10.1. The number of nitrogens with one attached hydrogen (secondary N) is 3. The molecule has 3 amide bonds. The number of anilines is 2. The van der Waals surface area contributed by atoms with E-state index in [9.17, 15) is 19.2 Å². The quantitative estimate of drug-likeness (QED) is 0.0631. The summed E-state index contributed by atoms with van der Waals surface area (Å²) in [6, 6.07) is 30.5. The molecule has 0 radical (unpaired) electrons. The molecule has 0 saturated carbocycles. The minimum Gasteiger partial charge on any atom is -0.462 e. The Labute approximate surface area is 310 Å². The molecule has 0 bridgehead atoms. The molecule has 1 heterocycles. The summed E-state index contributed by atoms with van der Waals surface area (Å²) in [5, 5.41) is 10.8. The maximum atomic E-state index is 13.6. The zero-order valence-corrected chi connectivity index (χ0v) is 30.6. The number of hydrogen-bond donors (Lipinski definition) is 3. The maximum Gasteiger partial charge on any atom is 0.341 e. The lowest BCUT2D eigenvalue weighted by Gasteiger charge is -2.16. The Morgan fingerprint density at radius 1 is 0.882 bits per heavy atom. The zero-order chi connectivity index (χ0) is 36.3. The minimum absolute atomic E-state index is 0.0216. The largest absolute Gasteiger partial charge is 0.462 e. The summed E-state index contributed by atoms with van der Waals surface area (Å²) in [4.78, 5) is 54.1. The van der Waals surface area contributed by atoms with Crippen LogP contribution in [0.2, 0.25) is 5.02 Å². The standard InChI is InChI=1S/C40H36ClN3O5S2/c1-4-34(38(47)44-39-35(40(48)49-5-2)32(24-50-39)27-19-17-25(3)18-20-27)51-31-16-10-15-30(23-31)42-37(46)33(22-26-11-9-14-29(41)21-26)43-36(45)28-12-7-6-8-13-28/h6-24,34H,4-5H2,1-3H3,(H,42,46)(H,43,45)(H,44,47)/b33-22-. The van der Waals surface area contributed by atoms with Gasteiger partial charge in [0.25, 0.3) is 11.8 Å². The van der Waals surface area contributed by atoms with E-state index in [0.717, 1.165) is 16.0 Å². The van der Waals surface area contributed by atoms with E-state index in [2.05, 4.69) is 16.0 Å². The second-order valence-corrected chi connectivity index (χ2v) is 14.0. The number of esters is 1. The lowest BCUT2D eigenvalue weighted by molar-refractivity contribution is -0.116. The summed E-state index contributed by atoms with van der Waals surface area (Å²) in [5.74, 6) is -1.75. The van der Waals surface area contributed by atoms with E-state index in [0.29, 0.717) is 44.4 Å². The highest BCUT2D eigenvalue weighted by molar-refractivity contribution is 8.00. The maximum absolute atomic E-state index is 13.6. The number of amides is 3. The van der Waals surface area contributed by atoms with Crippen molar-refractivity contribution < 1.29 is 23.9 Å². The summed E-state index contributed by atoms with van der Waals surface area (Å²) in [6.07, 6.45) is 2.05. The van der Waals surface area contributed by atoms with Gasteiger partial charge in [-0.3, -0.25) is 14.4 Å². The van der Waals surface area contributed by atoms with E-state index in [1.54, 1.807) is 85.8 Å². The van der Waals surface area contributed by atoms with Crippen LogP contribution in [0.25, 0.3) is 17.2 Å². The minimum atomic E-state index is -0.542. The van der Waals surface area contributed by atoms with Crippen LogP contribution in [0.5, 0.6) is 0 Å². The number of thiophene rings is 1. The highest BCUT2D eigenvalue weighted by atomic mass is 35.5. The third-order valence-electron chi connectivity index (χ3n) is 7.59. The number of halogens is 1. The first-order chi connectivity index (χ1) is 24.6. The van der Waals surface area contributed by atoms with Gasteiger partial charge in [-0.1, -0.05) is 84.8 Å². The van der Waals surface area contributed by atoms with Gasteiger partial charge in [-0.05, 0) is 79.9 Å². The molecule has 0 fully saturated rings. The van der Waals surface area contributed by atoms with Crippen molar-refractivity contribution in [1.29, 1.82) is 0 Å². The fourth-order valence-electron chi connectivity index (χ4n) is 5.03. The summed E-state index contributed by atoms with van der Waals surface area (Å²) in [7, 11) is 0. The predicted molar refractivity (Wildman–Crippen MR) is 207 cm³/mol. The first kappa shape index (κ1) is 37.1. The van der Waals surface area contributed by atoms with Gasteiger partial charge in [0.05, 0.1) is 11.9 Å². The van der Waals surface area contributed by atoms with Crippen molar-refractivity contribution in [3.63, 3.8) is 0 Å². The number of benzene rings is 4. The molecule has 4 aromatic carbocycles. The Kier molecular flexibility index (Phi) is 12.9. The summed E-state index contributed by atoms with van der Waals surface area (Å²) >= 11 is 8.78. The predicted octanol–water partition coefficient (Wildman–Crippen LogP) is 9.47. The van der Waals surface area contributed by atoms with Crippen LogP contribution in [-0.2, 0) is 14.3 Å². The molecule has 5 aromatic rings. The number of carbonyl (C=O) groups is 4. The van der Waals surface area contributed by atoms with Crippen molar-refractivity contribution in [1.82, 2.24) is 5.32 Å². The Morgan fingerprint density at radius 3 is 2.33 bits per heavy atom. The van der Waals surface area contributed by atoms with E-state index in [-0.39, 0.29) is 18.2 Å². The number of ether oxygens (including phenoxy) is 1. The topological polar surface area (TPSA) is 114 Å². The van der Waals surface area contributed by atoms with Crippen molar-refractivity contribution in [3.05, 3.63) is 141 Å². The molecule has 3 N–H and O–H groups in total. The Balaban J connectivity index is 1.33. The zero-order valence-electron chi connectivity index (χ0n) is 28.2. The van der Waals surface area contributed by atoms with Gasteiger partial charge in [-0.15, -0.1) is 23.1 Å². The number of aryl methyl sites for hydroxylation is 1. The van der Waals surface area contributed by atoms with Crippen LogP contribution >= 0.6 is 34.7 Å². The average Bonchev–Trinajstić information content (AvgIpc) is 3.54. The van der Waals surface area contributed by atoms with E-state index in [1.807, 2.05) is 49.6 Å². The van der Waals surface area contributed by atoms with Crippen molar-refractivity contribution in [2.24, 2.45) is 0 Å². The molecule has 260 valence electrons. The Morgan fingerprint density at radius 2 is 1.63 bits per heavy atom. The molecule has 0 aliphatic rings. The SMILES string of the molecule is CCOC(=O)c1c(-c2ccc(C)cc2)csc1NC(=O)C(CC)Sc1cccc(NC(=O)/C(=C/c2cccc(Cl)c2)NC(=O)c2ccccc2)c1. The first-order valence-electron chi connectivity index (χ1n) is 16.2. The van der Waals surface area contributed by atoms with Crippen LogP contribution < -0.4 is 16.0 Å². The normalized spacial score (nSPS) is 11.7. The van der Waals surface area contributed by atoms with Gasteiger partial charge in [0.15, 0.2) is 0 Å². The van der Waals surface area contributed by atoms with Crippen molar-refractivity contribution >= 4 is 75.2 Å². The molecule has 0 saturated heterocycles. The van der Waals surface area contributed by atoms with E-state index in [4.69, 9.17) is 16.3 Å². The molecule has 5 rings (SSSR count). The van der Waals surface area contributed by atoms with Crippen LogP contribution in [0.3, 0.4) is 0 Å². The van der Waals surface area contributed by atoms with Gasteiger partial charge < -0.3 is 20.7 Å². The molecule has 8 nitrogen and oxygen atoms in total. The van der Waals surface area contributed by atoms with Gasteiger partial charge in [0.2, 0.25) is 5.91 Å². The Bertz CT molecular complexity index is 2060. The monoisotopic (exact) mass is 737 g/mol. The van der Waals surface area contributed by atoms with E-state index >= 15 is 0 Å². The smallest absolute Gasteiger partial charge is 0.341 e. The fraction of sp³-hybridized carbons (Fsp3) is 0.150. The van der Waals surface area contributed by atoms with Crippen LogP contribution in [0.1, 0.15) is 52.1 Å². The van der Waals surface area contributed by atoms with Gasteiger partial charge in [0, 0.05) is 32.1 Å². The molecular formula is C40H36ClN3O5S2. The summed E-state index contributed by atoms with van der Waals surface area (Å²) < 4.78 is 5.36. The van der Waals surface area contributed by atoms with Gasteiger partial charge >= 0.3 is 5.97 Å². The second-order valence-electron chi connectivity index (χ2n) is 11.4. The summed E-state index contributed by atoms with van der Waals surface area (Å²) in [5.41, 5.74) is 4.48. The number of thioether (sulfide) groups is 1. The lowest BCUT2D eigenvalue weighted by Crippen LogP contribution is -2.30. The summed E-state index contributed by atoms with van der Waals surface area (Å²) in [6.45, 7) is 5.84. The van der Waals surface area contributed by atoms with Crippen LogP contribution in [0.15, 0.2) is 119 Å². The van der Waals surface area contributed by atoms with Crippen molar-refractivity contribution in [2.75, 3.05) is 17.2 Å². The molecule has 0 aliphatic heterocycles. The Hall–Kier alpha value is -5.16. The lowest BCUT2D eigenvalue weighted by atomic mass is 10.0. The van der Waals surface area contributed by atoms with Gasteiger partial charge in [-0.2, -0.15) is 0 Å². The van der Waals surface area contributed by atoms with Crippen molar-refractivity contribution in [3.8, 4) is 11.1 Å².